The lowest BCUT2D eigenvalue weighted by molar-refractivity contribution is -0.123. The van der Waals surface area contributed by atoms with E-state index in [0.29, 0.717) is 0 Å². The molecular weight excluding hydrogens is 461 g/mol. The van der Waals surface area contributed by atoms with Crippen molar-refractivity contribution in [1.29, 1.82) is 0 Å². The fraction of sp³-hybridized carbons (Fsp3) is 0.353. The number of esters is 1. The number of hydrogen-bond acceptors (Lipinski definition) is 7. The van der Waals surface area contributed by atoms with Crippen LogP contribution in [0.3, 0.4) is 0 Å². The molecule has 10 nitrogen and oxygen atoms in total. The van der Waals surface area contributed by atoms with Crippen molar-refractivity contribution in [3.8, 4) is 0 Å². The number of benzene rings is 1. The van der Waals surface area contributed by atoms with Gasteiger partial charge >= 0.3 is 12.0 Å². The summed E-state index contributed by atoms with van der Waals surface area (Å²) in [6.07, 6.45) is 1.41. The van der Waals surface area contributed by atoms with Crippen LogP contribution in [0.5, 0.6) is 0 Å². The zero-order chi connectivity index (χ0) is 22.3. The van der Waals surface area contributed by atoms with Gasteiger partial charge in [-0.25, -0.2) is 18.0 Å². The van der Waals surface area contributed by atoms with Crippen molar-refractivity contribution in [1.82, 2.24) is 14.9 Å². The van der Waals surface area contributed by atoms with Crippen molar-refractivity contribution in [2.45, 2.75) is 4.90 Å². The maximum atomic E-state index is 12.8. The molecule has 30 heavy (non-hydrogen) atoms. The highest BCUT2D eigenvalue weighted by molar-refractivity contribution is 7.89. The number of rotatable bonds is 7. The lowest BCUT2D eigenvalue weighted by Gasteiger charge is -2.26. The van der Waals surface area contributed by atoms with Crippen LogP contribution in [0.15, 0.2) is 29.7 Å². The molecule has 1 aliphatic heterocycles. The predicted molar refractivity (Wildman–Crippen MR) is 108 cm³/mol. The number of morpholine rings is 1. The van der Waals surface area contributed by atoms with Gasteiger partial charge in [-0.2, -0.15) is 4.31 Å². The predicted octanol–water partition coefficient (Wildman–Crippen LogP) is 1.18. The van der Waals surface area contributed by atoms with Gasteiger partial charge in [0.05, 0.1) is 28.8 Å². The van der Waals surface area contributed by atoms with Crippen molar-refractivity contribution in [3.63, 3.8) is 0 Å². The Balaban J connectivity index is 2.12. The molecule has 13 heteroatoms. The Kier molecular flexibility index (Phi) is 8.62. The number of sulfonamides is 1. The third-order valence-corrected chi connectivity index (χ3v) is 6.50. The second-order valence-electron chi connectivity index (χ2n) is 5.90. The van der Waals surface area contributed by atoms with E-state index in [1.165, 1.54) is 10.4 Å². The highest BCUT2D eigenvalue weighted by Crippen LogP contribution is 2.31. The van der Waals surface area contributed by atoms with E-state index in [1.54, 1.807) is 0 Å². The van der Waals surface area contributed by atoms with Gasteiger partial charge in [0.25, 0.3) is 5.91 Å². The Morgan fingerprint density at radius 1 is 1.20 bits per heavy atom. The molecule has 1 aromatic rings. The van der Waals surface area contributed by atoms with Crippen molar-refractivity contribution < 1.29 is 32.3 Å². The molecule has 1 aliphatic rings. The fourth-order valence-electron chi connectivity index (χ4n) is 2.39. The Morgan fingerprint density at radius 3 is 2.50 bits per heavy atom. The molecule has 0 saturated carbocycles. The number of ether oxygens (including phenoxy) is 2. The number of nitrogens with zero attached hydrogens (tertiary/aromatic N) is 1. The van der Waals surface area contributed by atoms with E-state index in [1.807, 2.05) is 5.32 Å². The van der Waals surface area contributed by atoms with Gasteiger partial charge in [0.15, 0.2) is 6.61 Å². The Bertz CT molecular complexity index is 947. The third-order valence-electron chi connectivity index (χ3n) is 3.82. The SMILES string of the molecule is C=CCNC(=O)NC(=O)COC(=O)c1cc(S(=O)(=O)N2CCOCC2)c(Cl)cc1Cl. The van der Waals surface area contributed by atoms with E-state index in [0.717, 1.165) is 12.1 Å². The fourth-order valence-corrected chi connectivity index (χ4v) is 4.62. The number of urea groups is 1. The molecule has 0 unspecified atom stereocenters. The minimum absolute atomic E-state index is 0.134. The molecule has 3 amide bonds. The topological polar surface area (TPSA) is 131 Å². The molecule has 1 fully saturated rings. The Morgan fingerprint density at radius 2 is 1.87 bits per heavy atom. The zero-order valence-corrected chi connectivity index (χ0v) is 18.0. The summed E-state index contributed by atoms with van der Waals surface area (Å²) in [5, 5.41) is 3.92. The quantitative estimate of drug-likeness (QED) is 0.443. The summed E-state index contributed by atoms with van der Waals surface area (Å²) < 4.78 is 36.8. The molecule has 2 N–H and O–H groups in total. The minimum Gasteiger partial charge on any atom is -0.452 e. The van der Waals surface area contributed by atoms with Crippen LogP contribution >= 0.6 is 23.2 Å². The number of nitrogens with one attached hydrogen (secondary N) is 2. The summed E-state index contributed by atoms with van der Waals surface area (Å²) in [7, 11) is -4.01. The van der Waals surface area contributed by atoms with Gasteiger partial charge in [0.2, 0.25) is 10.0 Å². The van der Waals surface area contributed by atoms with Gasteiger partial charge in [-0.1, -0.05) is 29.3 Å². The van der Waals surface area contributed by atoms with E-state index in [9.17, 15) is 22.8 Å². The van der Waals surface area contributed by atoms with E-state index < -0.39 is 34.5 Å². The first-order valence-electron chi connectivity index (χ1n) is 8.59. The molecule has 0 bridgehead atoms. The van der Waals surface area contributed by atoms with Gasteiger partial charge in [0.1, 0.15) is 4.90 Å². The average Bonchev–Trinajstić information content (AvgIpc) is 2.71. The number of imide groups is 1. The van der Waals surface area contributed by atoms with Crippen molar-refractivity contribution in [3.05, 3.63) is 40.4 Å². The molecule has 1 aromatic carbocycles. The first-order valence-corrected chi connectivity index (χ1v) is 10.8. The molecular formula is C17H19Cl2N3O7S. The summed E-state index contributed by atoms with van der Waals surface area (Å²) in [6.45, 7) is 3.48. The maximum Gasteiger partial charge on any atom is 0.340 e. The number of carbonyl (C=O) groups is 3. The van der Waals surface area contributed by atoms with Gasteiger partial charge in [-0.15, -0.1) is 6.58 Å². The summed E-state index contributed by atoms with van der Waals surface area (Å²) in [5.74, 6) is -1.95. The molecule has 164 valence electrons. The summed E-state index contributed by atoms with van der Waals surface area (Å²) in [6, 6.07) is 1.31. The van der Waals surface area contributed by atoms with E-state index in [4.69, 9.17) is 32.7 Å². The Labute approximate surface area is 183 Å². The average molecular weight is 480 g/mol. The Hall–Kier alpha value is -2.18. The molecule has 0 atom stereocenters. The van der Waals surface area contributed by atoms with Crippen LogP contribution < -0.4 is 10.6 Å². The number of carbonyl (C=O) groups excluding carboxylic acids is 3. The molecule has 0 aliphatic carbocycles. The largest absolute Gasteiger partial charge is 0.452 e. The summed E-state index contributed by atoms with van der Waals surface area (Å²) in [4.78, 5) is 35.1. The highest BCUT2D eigenvalue weighted by atomic mass is 35.5. The van der Waals surface area contributed by atoms with Crippen LogP contribution in [0, 0.1) is 0 Å². The molecule has 0 aromatic heterocycles. The standard InChI is InChI=1S/C17H19Cl2N3O7S/c1-2-3-20-17(25)21-15(23)10-29-16(24)11-8-14(13(19)9-12(11)18)30(26,27)22-4-6-28-7-5-22/h2,8-9H,1,3-7,10H2,(H2,20,21,23,25). The van der Waals surface area contributed by atoms with Crippen molar-refractivity contribution >= 4 is 51.1 Å². The third kappa shape index (κ3) is 6.16. The van der Waals surface area contributed by atoms with Crippen molar-refractivity contribution in [2.24, 2.45) is 0 Å². The first kappa shape index (κ1) is 24.1. The second kappa shape index (κ2) is 10.7. The zero-order valence-electron chi connectivity index (χ0n) is 15.7. The summed E-state index contributed by atoms with van der Waals surface area (Å²) >= 11 is 12.0. The first-order chi connectivity index (χ1) is 14.2. The van der Waals surface area contributed by atoms with Crippen LogP contribution in [0.25, 0.3) is 0 Å². The van der Waals surface area contributed by atoms with Gasteiger partial charge in [-0.05, 0) is 12.1 Å². The molecule has 1 heterocycles. The molecule has 0 radical (unpaired) electrons. The van der Waals surface area contributed by atoms with Crippen LogP contribution in [0.2, 0.25) is 10.0 Å². The molecule has 0 spiro atoms. The normalized spacial score (nSPS) is 14.6. The lowest BCUT2D eigenvalue weighted by Crippen LogP contribution is -2.41. The van der Waals surface area contributed by atoms with Crippen LogP contribution in [0.4, 0.5) is 4.79 Å². The van der Waals surface area contributed by atoms with Gasteiger partial charge in [0, 0.05) is 19.6 Å². The molecule has 2 rings (SSSR count). The van der Waals surface area contributed by atoms with E-state index >= 15 is 0 Å². The van der Waals surface area contributed by atoms with Crippen LogP contribution in [0.1, 0.15) is 10.4 Å². The molecule has 1 saturated heterocycles. The van der Waals surface area contributed by atoms with E-state index in [2.05, 4.69) is 11.9 Å². The van der Waals surface area contributed by atoms with Gasteiger partial charge in [-0.3, -0.25) is 10.1 Å². The smallest absolute Gasteiger partial charge is 0.340 e. The monoisotopic (exact) mass is 479 g/mol. The number of amides is 3. The number of hydrogen-bond donors (Lipinski definition) is 2. The van der Waals surface area contributed by atoms with E-state index in [-0.39, 0.29) is 53.4 Å². The minimum atomic E-state index is -4.01. The lowest BCUT2D eigenvalue weighted by atomic mass is 10.2. The van der Waals surface area contributed by atoms with Crippen molar-refractivity contribution in [2.75, 3.05) is 39.5 Å². The summed E-state index contributed by atoms with van der Waals surface area (Å²) in [5.41, 5.74) is -0.295. The maximum absolute atomic E-state index is 12.8. The highest BCUT2D eigenvalue weighted by Gasteiger charge is 2.30. The van der Waals surface area contributed by atoms with Crippen LogP contribution in [-0.4, -0.2) is 70.1 Å². The van der Waals surface area contributed by atoms with Crippen LogP contribution in [-0.2, 0) is 24.3 Å². The van der Waals surface area contributed by atoms with Gasteiger partial charge < -0.3 is 14.8 Å². The second-order valence-corrected chi connectivity index (χ2v) is 8.62. The number of halogens is 2.